The summed E-state index contributed by atoms with van der Waals surface area (Å²) >= 11 is 0. The van der Waals surface area contributed by atoms with Crippen LogP contribution in [0, 0.1) is 0 Å². The first kappa shape index (κ1) is 14.5. The highest BCUT2D eigenvalue weighted by Gasteiger charge is 2.36. The highest BCUT2D eigenvalue weighted by Crippen LogP contribution is 2.29. The molecule has 0 bridgehead atoms. The Balaban J connectivity index is 1.81. The zero-order chi connectivity index (χ0) is 14.7. The Morgan fingerprint density at radius 2 is 2.10 bits per heavy atom. The van der Waals surface area contributed by atoms with Crippen LogP contribution < -0.4 is 5.32 Å². The second-order valence-electron chi connectivity index (χ2n) is 6.16. The molecule has 1 fully saturated rings. The number of nitrogens with zero attached hydrogens (tertiary/aromatic N) is 1. The summed E-state index contributed by atoms with van der Waals surface area (Å²) < 4.78 is 6.09. The topological polar surface area (TPSA) is 34.2 Å². The average Bonchev–Trinajstić information content (AvgIpc) is 2.53. The van der Waals surface area contributed by atoms with Gasteiger partial charge in [0.25, 0.3) is 0 Å². The Bertz CT molecular complexity index is 605. The maximum atomic E-state index is 6.09. The minimum atomic E-state index is -0.0830. The van der Waals surface area contributed by atoms with Gasteiger partial charge in [-0.05, 0) is 45.4 Å². The number of pyridine rings is 1. The number of nitrogens with one attached hydrogen (secondary N) is 1. The van der Waals surface area contributed by atoms with E-state index in [9.17, 15) is 0 Å². The molecule has 0 radical (unpaired) electrons. The predicted molar refractivity (Wildman–Crippen MR) is 86.5 cm³/mol. The van der Waals surface area contributed by atoms with Crippen LogP contribution in [-0.4, -0.2) is 30.3 Å². The van der Waals surface area contributed by atoms with E-state index >= 15 is 0 Å². The molecule has 3 heteroatoms. The van der Waals surface area contributed by atoms with Gasteiger partial charge in [-0.1, -0.05) is 24.3 Å². The number of para-hydroxylation sites is 1. The molecule has 0 amide bonds. The van der Waals surface area contributed by atoms with E-state index in [0.29, 0.717) is 6.04 Å². The van der Waals surface area contributed by atoms with Crippen molar-refractivity contribution in [2.45, 2.75) is 44.2 Å². The van der Waals surface area contributed by atoms with Crippen LogP contribution in [0.15, 0.2) is 36.4 Å². The number of aromatic nitrogens is 1. The quantitative estimate of drug-likeness (QED) is 0.935. The molecule has 1 saturated heterocycles. The first-order valence-electron chi connectivity index (χ1n) is 7.87. The lowest BCUT2D eigenvalue weighted by atomic mass is 9.85. The van der Waals surface area contributed by atoms with Gasteiger partial charge < -0.3 is 10.1 Å². The Morgan fingerprint density at radius 3 is 2.86 bits per heavy atom. The van der Waals surface area contributed by atoms with Gasteiger partial charge in [0.15, 0.2) is 0 Å². The van der Waals surface area contributed by atoms with Crippen LogP contribution in [0.5, 0.6) is 0 Å². The summed E-state index contributed by atoms with van der Waals surface area (Å²) in [5.74, 6) is 0. The fourth-order valence-electron chi connectivity index (χ4n) is 3.28. The molecule has 112 valence electrons. The zero-order valence-corrected chi connectivity index (χ0v) is 12.9. The number of benzene rings is 1. The molecule has 3 nitrogen and oxygen atoms in total. The van der Waals surface area contributed by atoms with Crippen LogP contribution in [0.3, 0.4) is 0 Å². The number of fused-ring (bicyclic) bond motifs is 1. The maximum absolute atomic E-state index is 6.09. The molecule has 1 N–H and O–H groups in total. The van der Waals surface area contributed by atoms with Crippen LogP contribution in [0.4, 0.5) is 0 Å². The smallest absolute Gasteiger partial charge is 0.0810 e. The largest absolute Gasteiger partial charge is 0.374 e. The lowest BCUT2D eigenvalue weighted by molar-refractivity contribution is -0.0872. The van der Waals surface area contributed by atoms with Crippen LogP contribution in [0.2, 0.25) is 0 Å². The van der Waals surface area contributed by atoms with Crippen molar-refractivity contribution in [1.29, 1.82) is 0 Å². The molecule has 2 atom stereocenters. The number of hydrogen-bond acceptors (Lipinski definition) is 3. The Morgan fingerprint density at radius 1 is 1.24 bits per heavy atom. The highest BCUT2D eigenvalue weighted by molar-refractivity contribution is 5.78. The van der Waals surface area contributed by atoms with Crippen molar-refractivity contribution in [2.75, 3.05) is 13.7 Å². The summed E-state index contributed by atoms with van der Waals surface area (Å²) in [6, 6.07) is 12.9. The van der Waals surface area contributed by atoms with E-state index in [1.165, 1.54) is 18.2 Å². The molecular weight excluding hydrogens is 260 g/mol. The van der Waals surface area contributed by atoms with E-state index in [4.69, 9.17) is 9.72 Å². The molecule has 0 spiro atoms. The molecule has 1 aliphatic heterocycles. The number of ether oxygens (including phenoxy) is 1. The molecule has 2 heterocycles. The van der Waals surface area contributed by atoms with Gasteiger partial charge in [-0.25, -0.2) is 0 Å². The second-order valence-corrected chi connectivity index (χ2v) is 6.16. The van der Waals surface area contributed by atoms with Crippen molar-refractivity contribution in [3.63, 3.8) is 0 Å². The summed E-state index contributed by atoms with van der Waals surface area (Å²) in [4.78, 5) is 4.79. The monoisotopic (exact) mass is 284 g/mol. The van der Waals surface area contributed by atoms with Crippen molar-refractivity contribution in [3.8, 4) is 0 Å². The van der Waals surface area contributed by atoms with Crippen molar-refractivity contribution in [2.24, 2.45) is 0 Å². The van der Waals surface area contributed by atoms with Gasteiger partial charge in [-0.2, -0.15) is 0 Å². The van der Waals surface area contributed by atoms with Crippen molar-refractivity contribution in [3.05, 3.63) is 42.1 Å². The Kier molecular flexibility index (Phi) is 4.22. The average molecular weight is 284 g/mol. The summed E-state index contributed by atoms with van der Waals surface area (Å²) in [7, 11) is 2.02. The number of rotatable bonds is 4. The van der Waals surface area contributed by atoms with Crippen LogP contribution in [0.1, 0.15) is 31.9 Å². The second kappa shape index (κ2) is 6.12. The van der Waals surface area contributed by atoms with Gasteiger partial charge in [0.1, 0.15) is 0 Å². The molecule has 2 unspecified atom stereocenters. The van der Waals surface area contributed by atoms with Gasteiger partial charge in [0.2, 0.25) is 0 Å². The molecule has 0 aliphatic carbocycles. The highest BCUT2D eigenvalue weighted by atomic mass is 16.5. The Hall–Kier alpha value is -1.45. The third-order valence-corrected chi connectivity index (χ3v) is 4.65. The molecule has 1 aromatic carbocycles. The Labute approximate surface area is 126 Å². The first-order valence-corrected chi connectivity index (χ1v) is 7.87. The molecule has 1 aliphatic rings. The van der Waals surface area contributed by atoms with E-state index < -0.39 is 0 Å². The van der Waals surface area contributed by atoms with E-state index in [-0.39, 0.29) is 5.60 Å². The summed E-state index contributed by atoms with van der Waals surface area (Å²) in [5, 5.41) is 4.64. The van der Waals surface area contributed by atoms with Crippen LogP contribution in [0.25, 0.3) is 10.9 Å². The van der Waals surface area contributed by atoms with Gasteiger partial charge in [-0.3, -0.25) is 4.98 Å². The maximum Gasteiger partial charge on any atom is 0.0810 e. The predicted octanol–water partition coefficient (Wildman–Crippen LogP) is 3.32. The van der Waals surface area contributed by atoms with E-state index in [1.54, 1.807) is 0 Å². The summed E-state index contributed by atoms with van der Waals surface area (Å²) in [6.07, 6.45) is 4.45. The number of hydrogen-bond donors (Lipinski definition) is 1. The zero-order valence-electron chi connectivity index (χ0n) is 12.9. The SMILES string of the molecule is CNC(Cc1ccc2ccccc2n1)C1(C)CCCCO1. The van der Waals surface area contributed by atoms with Gasteiger partial charge in [0, 0.05) is 30.1 Å². The summed E-state index contributed by atoms with van der Waals surface area (Å²) in [5.41, 5.74) is 2.11. The van der Waals surface area contributed by atoms with Crippen LogP contribution >= 0.6 is 0 Å². The molecule has 0 saturated carbocycles. The van der Waals surface area contributed by atoms with Crippen molar-refractivity contribution >= 4 is 10.9 Å². The van der Waals surface area contributed by atoms with Crippen LogP contribution in [-0.2, 0) is 11.2 Å². The van der Waals surface area contributed by atoms with Gasteiger partial charge in [0.05, 0.1) is 11.1 Å². The first-order chi connectivity index (χ1) is 10.2. The van der Waals surface area contributed by atoms with Crippen molar-refractivity contribution < 1.29 is 4.74 Å². The fraction of sp³-hybridized carbons (Fsp3) is 0.500. The molecule has 21 heavy (non-hydrogen) atoms. The molecule has 2 aromatic rings. The molecule has 3 rings (SSSR count). The van der Waals surface area contributed by atoms with E-state index in [2.05, 4.69) is 42.6 Å². The third kappa shape index (κ3) is 3.09. The number of likely N-dealkylation sites (N-methyl/N-ethyl adjacent to an activating group) is 1. The summed E-state index contributed by atoms with van der Waals surface area (Å²) in [6.45, 7) is 3.11. The third-order valence-electron chi connectivity index (χ3n) is 4.65. The standard InChI is InChI=1S/C18H24N2O/c1-18(11-5-6-12-21-18)17(19-2)13-15-10-9-14-7-3-4-8-16(14)20-15/h3-4,7-10,17,19H,5-6,11-13H2,1-2H3. The minimum Gasteiger partial charge on any atom is -0.374 e. The van der Waals surface area contributed by atoms with Gasteiger partial charge in [-0.15, -0.1) is 0 Å². The fourth-order valence-corrected chi connectivity index (χ4v) is 3.28. The molecule has 1 aromatic heterocycles. The van der Waals surface area contributed by atoms with Crippen molar-refractivity contribution in [1.82, 2.24) is 10.3 Å². The van der Waals surface area contributed by atoms with E-state index in [0.717, 1.165) is 30.7 Å². The minimum absolute atomic E-state index is 0.0830. The van der Waals surface area contributed by atoms with E-state index in [1.807, 2.05) is 13.1 Å². The lowest BCUT2D eigenvalue weighted by Gasteiger charge is -2.40. The normalized spacial score (nSPS) is 24.1. The van der Waals surface area contributed by atoms with Gasteiger partial charge >= 0.3 is 0 Å². The molecular formula is C18H24N2O. The lowest BCUT2D eigenvalue weighted by Crippen LogP contribution is -2.52.